The van der Waals surface area contributed by atoms with E-state index in [0.29, 0.717) is 19.4 Å². The Labute approximate surface area is 142 Å². The number of rotatable bonds is 4. The first-order valence-corrected chi connectivity index (χ1v) is 8.28. The number of likely N-dealkylation sites (tertiary alicyclic amines) is 1. The van der Waals surface area contributed by atoms with E-state index in [9.17, 15) is 14.7 Å². The first kappa shape index (κ1) is 18.3. The van der Waals surface area contributed by atoms with Gasteiger partial charge in [-0.3, -0.25) is 4.79 Å². The second kappa shape index (κ2) is 7.66. The number of nitrogens with one attached hydrogen (secondary N) is 1. The average Bonchev–Trinajstić information content (AvgIpc) is 2.91. The van der Waals surface area contributed by atoms with Crippen LogP contribution < -0.4 is 5.32 Å². The highest BCUT2D eigenvalue weighted by Crippen LogP contribution is 2.17. The molecule has 2 rings (SSSR count). The first-order chi connectivity index (χ1) is 11.3. The number of carbonyl (C=O) groups is 2. The summed E-state index contributed by atoms with van der Waals surface area (Å²) in [4.78, 5) is 26.3. The van der Waals surface area contributed by atoms with Crippen LogP contribution in [0.4, 0.5) is 4.79 Å². The Morgan fingerprint density at radius 1 is 1.33 bits per heavy atom. The van der Waals surface area contributed by atoms with Crippen LogP contribution in [0.2, 0.25) is 0 Å². The molecule has 1 aromatic rings. The Hall–Kier alpha value is -2.08. The minimum atomic E-state index is -0.781. The number of benzene rings is 1. The molecule has 1 fully saturated rings. The minimum absolute atomic E-state index is 0.283. The van der Waals surface area contributed by atoms with Gasteiger partial charge in [-0.1, -0.05) is 30.3 Å². The van der Waals surface area contributed by atoms with Gasteiger partial charge in [0.1, 0.15) is 17.9 Å². The Bertz CT molecular complexity index is 568. The third-order valence-electron chi connectivity index (χ3n) is 3.78. The fraction of sp³-hybridized carbons (Fsp3) is 0.556. The van der Waals surface area contributed by atoms with Crippen molar-refractivity contribution in [3.05, 3.63) is 35.9 Å². The lowest BCUT2D eigenvalue weighted by Crippen LogP contribution is -2.52. The summed E-state index contributed by atoms with van der Waals surface area (Å²) in [5, 5.41) is 12.6. The SMILES string of the molecule is CC(C)(C)OC(=O)NC(Cc1ccccc1)C(=O)N1CCCC1O. The number of hydrogen-bond acceptors (Lipinski definition) is 4. The van der Waals surface area contributed by atoms with Crippen LogP contribution >= 0.6 is 0 Å². The van der Waals surface area contributed by atoms with Crippen LogP contribution in [0.1, 0.15) is 39.2 Å². The zero-order valence-corrected chi connectivity index (χ0v) is 14.5. The summed E-state index contributed by atoms with van der Waals surface area (Å²) in [5.74, 6) is -0.283. The van der Waals surface area contributed by atoms with Gasteiger partial charge in [0.2, 0.25) is 5.91 Å². The average molecular weight is 334 g/mol. The molecule has 0 spiro atoms. The van der Waals surface area contributed by atoms with Crippen molar-refractivity contribution in [2.75, 3.05) is 6.54 Å². The van der Waals surface area contributed by atoms with Crippen molar-refractivity contribution >= 4 is 12.0 Å². The topological polar surface area (TPSA) is 78.9 Å². The van der Waals surface area contributed by atoms with Crippen LogP contribution in [0.5, 0.6) is 0 Å². The van der Waals surface area contributed by atoms with Crippen molar-refractivity contribution in [2.45, 2.75) is 57.9 Å². The van der Waals surface area contributed by atoms with E-state index in [0.717, 1.165) is 12.0 Å². The Morgan fingerprint density at radius 3 is 2.54 bits per heavy atom. The maximum atomic E-state index is 12.8. The van der Waals surface area contributed by atoms with Gasteiger partial charge in [0.05, 0.1) is 0 Å². The summed E-state index contributed by atoms with van der Waals surface area (Å²) in [5.41, 5.74) is 0.290. The summed E-state index contributed by atoms with van der Waals surface area (Å²) < 4.78 is 5.26. The molecule has 6 heteroatoms. The van der Waals surface area contributed by atoms with Gasteiger partial charge >= 0.3 is 6.09 Å². The van der Waals surface area contributed by atoms with E-state index in [4.69, 9.17) is 4.74 Å². The lowest BCUT2D eigenvalue weighted by Gasteiger charge is -2.28. The zero-order chi connectivity index (χ0) is 17.7. The van der Waals surface area contributed by atoms with Gasteiger partial charge in [-0.05, 0) is 39.2 Å². The molecule has 132 valence electrons. The number of aliphatic hydroxyl groups is 1. The second-order valence-corrected chi connectivity index (χ2v) is 7.04. The lowest BCUT2D eigenvalue weighted by atomic mass is 10.0. The molecular weight excluding hydrogens is 308 g/mol. The Morgan fingerprint density at radius 2 is 2.00 bits per heavy atom. The highest BCUT2D eigenvalue weighted by Gasteiger charge is 2.33. The highest BCUT2D eigenvalue weighted by molar-refractivity contribution is 5.86. The van der Waals surface area contributed by atoms with E-state index in [-0.39, 0.29) is 5.91 Å². The third-order valence-corrected chi connectivity index (χ3v) is 3.78. The van der Waals surface area contributed by atoms with Gasteiger partial charge in [-0.25, -0.2) is 4.79 Å². The second-order valence-electron chi connectivity index (χ2n) is 7.04. The van der Waals surface area contributed by atoms with Gasteiger partial charge in [-0.2, -0.15) is 0 Å². The van der Waals surface area contributed by atoms with Crippen molar-refractivity contribution in [3.63, 3.8) is 0 Å². The molecule has 0 aliphatic carbocycles. The molecule has 1 aliphatic rings. The van der Waals surface area contributed by atoms with E-state index >= 15 is 0 Å². The Kier molecular flexibility index (Phi) is 5.83. The number of hydrogen-bond donors (Lipinski definition) is 2. The smallest absolute Gasteiger partial charge is 0.408 e. The molecule has 1 aliphatic heterocycles. The number of alkyl carbamates (subject to hydrolysis) is 1. The summed E-state index contributed by atoms with van der Waals surface area (Å²) in [6.07, 6.45) is 0.261. The number of nitrogens with zero attached hydrogens (tertiary/aromatic N) is 1. The quantitative estimate of drug-likeness (QED) is 0.883. The van der Waals surface area contributed by atoms with Gasteiger partial charge in [0.15, 0.2) is 0 Å². The standard InChI is InChI=1S/C18H26N2O4/c1-18(2,3)24-17(23)19-14(12-13-8-5-4-6-9-13)16(22)20-11-7-10-15(20)21/h4-6,8-9,14-15,21H,7,10-12H2,1-3H3,(H,19,23). The summed E-state index contributed by atoms with van der Waals surface area (Å²) >= 11 is 0. The number of carbonyl (C=O) groups excluding carboxylic acids is 2. The van der Waals surface area contributed by atoms with Gasteiger partial charge < -0.3 is 20.1 Å². The fourth-order valence-corrected chi connectivity index (χ4v) is 2.71. The van der Waals surface area contributed by atoms with Crippen LogP contribution in [-0.4, -0.2) is 46.4 Å². The number of aliphatic hydroxyl groups excluding tert-OH is 1. The maximum absolute atomic E-state index is 12.8. The van der Waals surface area contributed by atoms with Crippen molar-refractivity contribution in [1.29, 1.82) is 0 Å². The predicted octanol–water partition coefficient (Wildman–Crippen LogP) is 2.06. The Balaban J connectivity index is 2.11. The van der Waals surface area contributed by atoms with Crippen molar-refractivity contribution in [1.82, 2.24) is 10.2 Å². The van der Waals surface area contributed by atoms with E-state index in [2.05, 4.69) is 5.32 Å². The molecule has 1 heterocycles. The maximum Gasteiger partial charge on any atom is 0.408 e. The van der Waals surface area contributed by atoms with Crippen LogP contribution in [-0.2, 0) is 16.0 Å². The lowest BCUT2D eigenvalue weighted by molar-refractivity contribution is -0.140. The van der Waals surface area contributed by atoms with Crippen molar-refractivity contribution in [3.8, 4) is 0 Å². The van der Waals surface area contributed by atoms with Crippen LogP contribution in [0.25, 0.3) is 0 Å². The number of amides is 2. The predicted molar refractivity (Wildman–Crippen MR) is 90.3 cm³/mol. The van der Waals surface area contributed by atoms with Gasteiger partial charge in [0.25, 0.3) is 0 Å². The van der Waals surface area contributed by atoms with Crippen molar-refractivity contribution in [2.24, 2.45) is 0 Å². The molecule has 0 radical (unpaired) electrons. The fourth-order valence-electron chi connectivity index (χ4n) is 2.71. The summed E-state index contributed by atoms with van der Waals surface area (Å²) in [6.45, 7) is 5.81. The molecule has 1 saturated heterocycles. The molecule has 0 bridgehead atoms. The minimum Gasteiger partial charge on any atom is -0.444 e. The molecule has 1 aromatic carbocycles. The molecule has 2 N–H and O–H groups in total. The zero-order valence-electron chi connectivity index (χ0n) is 14.5. The first-order valence-electron chi connectivity index (χ1n) is 8.28. The van der Waals surface area contributed by atoms with Gasteiger partial charge in [-0.15, -0.1) is 0 Å². The van der Waals surface area contributed by atoms with E-state index in [1.54, 1.807) is 20.8 Å². The molecule has 2 amide bonds. The monoisotopic (exact) mass is 334 g/mol. The molecule has 2 atom stereocenters. The molecule has 0 saturated carbocycles. The summed E-state index contributed by atoms with van der Waals surface area (Å²) in [6, 6.07) is 8.69. The molecular formula is C18H26N2O4. The van der Waals surface area contributed by atoms with E-state index < -0.39 is 24.0 Å². The molecule has 2 unspecified atom stereocenters. The van der Waals surface area contributed by atoms with E-state index in [1.165, 1.54) is 4.90 Å². The third kappa shape index (κ3) is 5.23. The molecule has 6 nitrogen and oxygen atoms in total. The normalized spacial score (nSPS) is 19.0. The van der Waals surface area contributed by atoms with Crippen LogP contribution in [0, 0.1) is 0 Å². The van der Waals surface area contributed by atoms with Crippen LogP contribution in [0.15, 0.2) is 30.3 Å². The van der Waals surface area contributed by atoms with Crippen molar-refractivity contribution < 1.29 is 19.4 Å². The van der Waals surface area contributed by atoms with Gasteiger partial charge in [0, 0.05) is 13.0 Å². The van der Waals surface area contributed by atoms with E-state index in [1.807, 2.05) is 30.3 Å². The number of ether oxygens (including phenoxy) is 1. The largest absolute Gasteiger partial charge is 0.444 e. The molecule has 0 aromatic heterocycles. The summed E-state index contributed by atoms with van der Waals surface area (Å²) in [7, 11) is 0. The van der Waals surface area contributed by atoms with Crippen LogP contribution in [0.3, 0.4) is 0 Å². The molecule has 24 heavy (non-hydrogen) atoms. The highest BCUT2D eigenvalue weighted by atomic mass is 16.6.